The molecule has 0 aliphatic carbocycles. The van der Waals surface area contributed by atoms with E-state index in [-0.39, 0.29) is 32.5 Å². The fourth-order valence-electron chi connectivity index (χ4n) is 10.0. The second-order valence-electron chi connectivity index (χ2n) is 27.1. The second kappa shape index (κ2) is 18.9. The number of benzene rings is 6. The third-order valence-corrected chi connectivity index (χ3v) is 16.0. The van der Waals surface area contributed by atoms with Gasteiger partial charge in [0.2, 0.25) is 0 Å². The maximum Gasteiger partial charge on any atom is 0.530 e. The number of hydrogen-bond acceptors (Lipinski definition) is 9. The summed E-state index contributed by atoms with van der Waals surface area (Å²) in [5.41, 5.74) is 8.50. The summed E-state index contributed by atoms with van der Waals surface area (Å²) in [6, 6.07) is 35.6. The van der Waals surface area contributed by atoms with Gasteiger partial charge in [-0.25, -0.2) is 0 Å². The first-order valence-electron chi connectivity index (χ1n) is 26.5. The van der Waals surface area contributed by atoms with Crippen LogP contribution < -0.4 is 27.8 Å². The molecule has 9 rings (SSSR count). The molecule has 0 radical (unpaired) electrons. The smallest absolute Gasteiger partial charge is 0.425 e. The Kier molecular flexibility index (Phi) is 13.5. The molecule has 3 aliphatic heterocycles. The largest absolute Gasteiger partial charge is 0.530 e. The predicted octanol–water partition coefficient (Wildman–Crippen LogP) is 16.4. The van der Waals surface area contributed by atoms with Crippen LogP contribution in [0.1, 0.15) is 209 Å². The Bertz CT molecular complexity index is 2950. The van der Waals surface area contributed by atoms with Gasteiger partial charge in [0.25, 0.3) is 0 Å². The lowest BCUT2D eigenvalue weighted by molar-refractivity contribution is -0.134. The molecule has 0 bridgehead atoms. The van der Waals surface area contributed by atoms with Crippen LogP contribution >= 0.6 is 8.60 Å². The van der Waals surface area contributed by atoms with Crippen molar-refractivity contribution in [1.29, 1.82) is 0 Å². The molecule has 0 amide bonds. The molecular weight excluding hydrogens is 968 g/mol. The molecule has 3 heterocycles. The van der Waals surface area contributed by atoms with Gasteiger partial charge in [-0.3, -0.25) is 14.4 Å². The Morgan fingerprint density at radius 2 is 0.500 bits per heavy atom. The predicted molar refractivity (Wildman–Crippen MR) is 302 cm³/mol. The van der Waals surface area contributed by atoms with Crippen LogP contribution in [0.25, 0.3) is 0 Å². The summed E-state index contributed by atoms with van der Waals surface area (Å²) in [7, 11) is -2.57. The molecule has 3 atom stereocenters. The molecular formula is C66H75O9P. The average Bonchev–Trinajstić information content (AvgIpc) is 3.94. The van der Waals surface area contributed by atoms with E-state index in [1.54, 1.807) is 0 Å². The molecule has 6 aromatic rings. The van der Waals surface area contributed by atoms with Crippen molar-refractivity contribution in [1.82, 2.24) is 0 Å². The highest BCUT2D eigenvalue weighted by Gasteiger charge is 2.43. The quantitative estimate of drug-likeness (QED) is 0.0795. The van der Waals surface area contributed by atoms with Crippen molar-refractivity contribution in [3.63, 3.8) is 0 Å². The highest BCUT2D eigenvalue weighted by molar-refractivity contribution is 7.43. The molecule has 10 heteroatoms. The molecule has 0 aromatic heterocycles. The Labute approximate surface area is 452 Å². The topological polar surface area (TPSA) is 107 Å². The number of hydrogen-bond donors (Lipinski definition) is 0. The second-order valence-corrected chi connectivity index (χ2v) is 28.1. The average molecular weight is 1040 g/mol. The van der Waals surface area contributed by atoms with E-state index in [1.165, 1.54) is 0 Å². The van der Waals surface area contributed by atoms with Crippen LogP contribution in [-0.4, -0.2) is 17.9 Å². The maximum atomic E-state index is 14.4. The van der Waals surface area contributed by atoms with Gasteiger partial charge in [-0.05, 0) is 102 Å². The highest BCUT2D eigenvalue weighted by Crippen LogP contribution is 2.54. The summed E-state index contributed by atoms with van der Waals surface area (Å²) in [6.07, 6.45) is 0. The van der Waals surface area contributed by atoms with Crippen LogP contribution in [0.3, 0.4) is 0 Å². The van der Waals surface area contributed by atoms with E-state index in [0.717, 1.165) is 50.1 Å². The van der Waals surface area contributed by atoms with E-state index in [4.69, 9.17) is 27.8 Å². The first-order valence-corrected chi connectivity index (χ1v) is 27.6. The van der Waals surface area contributed by atoms with Crippen molar-refractivity contribution in [3.05, 3.63) is 176 Å². The van der Waals surface area contributed by atoms with Crippen LogP contribution in [0.15, 0.2) is 109 Å². The zero-order chi connectivity index (χ0) is 55.4. The summed E-state index contributed by atoms with van der Waals surface area (Å²) in [4.78, 5) is 43.2. The minimum Gasteiger partial charge on any atom is -0.425 e. The van der Waals surface area contributed by atoms with Crippen molar-refractivity contribution in [2.75, 3.05) is 0 Å². The number of ether oxygens (including phenoxy) is 3. The van der Waals surface area contributed by atoms with Gasteiger partial charge in [0, 0.05) is 33.4 Å². The van der Waals surface area contributed by atoms with Crippen molar-refractivity contribution in [2.45, 2.75) is 175 Å². The fourth-order valence-corrected chi connectivity index (χ4v) is 11.1. The summed E-state index contributed by atoms with van der Waals surface area (Å²) in [5.74, 6) is -1.31. The van der Waals surface area contributed by atoms with Crippen LogP contribution in [0, 0.1) is 0 Å². The standard InChI is InChI=1S/C66H75O9P/c1-61(2,3)37-19-25-49-43(31-37)55(58(67)70-49)46-34-40(64(10,11)12)22-28-52(46)73-76(74-53-29-23-41(65(13,14)15)35-47(53)56-44-32-38(62(4,5)6)20-26-50(44)71-59(56)68)75-54-30-24-42(66(16,17)18)36-48(54)57-45-33-39(63(7,8)9)21-27-51(45)72-60(57)69/h19-36,55-57H,1-18H3/t55-,56?,57?,76?/m1/s1. The minimum atomic E-state index is -2.57. The van der Waals surface area contributed by atoms with E-state index in [1.807, 2.05) is 91.0 Å². The van der Waals surface area contributed by atoms with Crippen LogP contribution in [0.2, 0.25) is 0 Å². The molecule has 0 N–H and O–H groups in total. The van der Waals surface area contributed by atoms with Crippen LogP contribution in [0.5, 0.6) is 34.5 Å². The first kappa shape index (κ1) is 54.4. The molecule has 3 aliphatic rings. The summed E-state index contributed by atoms with van der Waals surface area (Å²) < 4.78 is 39.8. The van der Waals surface area contributed by atoms with Crippen LogP contribution in [0.4, 0.5) is 0 Å². The van der Waals surface area contributed by atoms with Crippen LogP contribution in [-0.2, 0) is 46.9 Å². The zero-order valence-corrected chi connectivity index (χ0v) is 48.6. The maximum absolute atomic E-state index is 14.4. The highest BCUT2D eigenvalue weighted by atomic mass is 31.2. The van der Waals surface area contributed by atoms with E-state index < -0.39 is 44.3 Å². The number of esters is 3. The molecule has 0 saturated heterocycles. The SMILES string of the molecule is CC(C)(C)c1ccc2c(c1)C(c1cc(C(C)(C)C)ccc1OP(Oc1ccc(C(C)(C)C)cc1C1C(=O)Oc3ccc(C(C)(C)C)cc31)Oc1ccc(C(C)(C)C)cc1[C@@H]1C(=O)Oc3ccc(C(C)(C)C)cc31)C(=O)O2. The van der Waals surface area contributed by atoms with E-state index in [2.05, 4.69) is 143 Å². The third-order valence-electron chi connectivity index (χ3n) is 15.0. The molecule has 0 fully saturated rings. The normalized spacial score (nSPS) is 18.1. The van der Waals surface area contributed by atoms with Gasteiger partial charge in [0.15, 0.2) is 0 Å². The minimum absolute atomic E-state index is 0.213. The fraction of sp³-hybridized carbons (Fsp3) is 0.409. The Balaban J connectivity index is 1.26. The van der Waals surface area contributed by atoms with E-state index >= 15 is 0 Å². The Morgan fingerprint density at radius 1 is 0.303 bits per heavy atom. The molecule has 0 saturated carbocycles. The number of carbonyl (C=O) groups excluding carboxylic acids is 3. The molecule has 76 heavy (non-hydrogen) atoms. The first-order chi connectivity index (χ1) is 35.2. The summed E-state index contributed by atoms with van der Waals surface area (Å²) >= 11 is 0. The summed E-state index contributed by atoms with van der Waals surface area (Å²) in [5, 5.41) is 0. The Hall–Kier alpha value is -6.44. The van der Waals surface area contributed by atoms with Gasteiger partial charge in [0.1, 0.15) is 52.3 Å². The van der Waals surface area contributed by atoms with Gasteiger partial charge in [-0.15, -0.1) is 0 Å². The van der Waals surface area contributed by atoms with E-state index in [9.17, 15) is 14.4 Å². The van der Waals surface area contributed by atoms with E-state index in [0.29, 0.717) is 51.2 Å². The third kappa shape index (κ3) is 10.7. The lowest BCUT2D eigenvalue weighted by atomic mass is 9.81. The summed E-state index contributed by atoms with van der Waals surface area (Å²) in [6.45, 7) is 38.4. The number of fused-ring (bicyclic) bond motifs is 3. The van der Waals surface area contributed by atoms with Gasteiger partial charge in [-0.1, -0.05) is 197 Å². The lowest BCUT2D eigenvalue weighted by Crippen LogP contribution is -2.19. The van der Waals surface area contributed by atoms with Crippen molar-refractivity contribution < 1.29 is 42.2 Å². The zero-order valence-electron chi connectivity index (χ0n) is 47.7. The number of rotatable bonds is 9. The molecule has 398 valence electrons. The van der Waals surface area contributed by atoms with Gasteiger partial charge >= 0.3 is 26.5 Å². The van der Waals surface area contributed by atoms with Gasteiger partial charge in [0.05, 0.1) is 0 Å². The molecule has 0 spiro atoms. The number of carbonyl (C=O) groups is 3. The van der Waals surface area contributed by atoms with Gasteiger partial charge < -0.3 is 27.8 Å². The molecule has 6 aromatic carbocycles. The van der Waals surface area contributed by atoms with Crippen molar-refractivity contribution >= 4 is 26.5 Å². The monoisotopic (exact) mass is 1040 g/mol. The Morgan fingerprint density at radius 3 is 0.711 bits per heavy atom. The van der Waals surface area contributed by atoms with Crippen molar-refractivity contribution in [3.8, 4) is 34.5 Å². The van der Waals surface area contributed by atoms with Crippen molar-refractivity contribution in [2.24, 2.45) is 0 Å². The molecule has 9 nitrogen and oxygen atoms in total. The lowest BCUT2D eigenvalue weighted by Gasteiger charge is -2.28. The van der Waals surface area contributed by atoms with Gasteiger partial charge in [-0.2, -0.15) is 0 Å². The molecule has 2 unspecified atom stereocenters.